The van der Waals surface area contributed by atoms with Crippen molar-refractivity contribution in [2.24, 2.45) is 11.8 Å². The van der Waals surface area contributed by atoms with E-state index in [4.69, 9.17) is 4.42 Å². The summed E-state index contributed by atoms with van der Waals surface area (Å²) in [6.45, 7) is 2.17. The standard InChI is InChI=1S/C13H17NO/c1-9(13-6-3-7-15-13)14-12-8-10-4-2-5-11(10)12/h2-3,5-7,9-12,14H,4,8H2,1H3/t9-,10?,11?,12?/m0/s1. The minimum absolute atomic E-state index is 0.333. The molecule has 1 saturated carbocycles. The van der Waals surface area contributed by atoms with Crippen LogP contribution in [0.3, 0.4) is 0 Å². The highest BCUT2D eigenvalue weighted by atomic mass is 16.3. The maximum Gasteiger partial charge on any atom is 0.120 e. The van der Waals surface area contributed by atoms with E-state index in [1.54, 1.807) is 6.26 Å². The molecular formula is C13H17NO. The lowest BCUT2D eigenvalue weighted by Gasteiger charge is -2.42. The third-order valence-corrected chi connectivity index (χ3v) is 3.80. The van der Waals surface area contributed by atoms with Crippen molar-refractivity contribution in [1.82, 2.24) is 5.32 Å². The summed E-state index contributed by atoms with van der Waals surface area (Å²) in [4.78, 5) is 0. The molecule has 2 aliphatic rings. The molecule has 0 aromatic carbocycles. The van der Waals surface area contributed by atoms with Crippen LogP contribution in [0.4, 0.5) is 0 Å². The second-order valence-corrected chi connectivity index (χ2v) is 4.75. The fourth-order valence-electron chi connectivity index (χ4n) is 2.85. The van der Waals surface area contributed by atoms with E-state index < -0.39 is 0 Å². The van der Waals surface area contributed by atoms with Crippen molar-refractivity contribution < 1.29 is 4.42 Å². The Morgan fingerprint density at radius 2 is 2.47 bits per heavy atom. The highest BCUT2D eigenvalue weighted by molar-refractivity contribution is 5.14. The van der Waals surface area contributed by atoms with Gasteiger partial charge in [-0.2, -0.15) is 0 Å². The lowest BCUT2D eigenvalue weighted by atomic mass is 9.71. The van der Waals surface area contributed by atoms with Crippen molar-refractivity contribution >= 4 is 0 Å². The lowest BCUT2D eigenvalue weighted by Crippen LogP contribution is -2.48. The average molecular weight is 203 g/mol. The highest BCUT2D eigenvalue weighted by Gasteiger charge is 2.41. The predicted molar refractivity (Wildman–Crippen MR) is 59.4 cm³/mol. The van der Waals surface area contributed by atoms with Crippen molar-refractivity contribution in [3.63, 3.8) is 0 Å². The summed E-state index contributed by atoms with van der Waals surface area (Å²) in [5, 5.41) is 3.65. The maximum absolute atomic E-state index is 5.40. The van der Waals surface area contributed by atoms with Gasteiger partial charge in [0.25, 0.3) is 0 Å². The molecule has 4 atom stereocenters. The summed E-state index contributed by atoms with van der Waals surface area (Å²) < 4.78 is 5.40. The molecule has 1 aromatic rings. The normalized spacial score (nSPS) is 34.9. The van der Waals surface area contributed by atoms with Crippen LogP contribution in [-0.2, 0) is 0 Å². The number of hydrogen-bond donors (Lipinski definition) is 1. The summed E-state index contributed by atoms with van der Waals surface area (Å²) >= 11 is 0. The molecule has 2 nitrogen and oxygen atoms in total. The molecule has 2 heteroatoms. The Bertz CT molecular complexity index is 355. The van der Waals surface area contributed by atoms with Crippen molar-refractivity contribution in [2.75, 3.05) is 0 Å². The Hall–Kier alpha value is -1.02. The molecule has 1 heterocycles. The van der Waals surface area contributed by atoms with Crippen molar-refractivity contribution in [3.8, 4) is 0 Å². The molecule has 1 fully saturated rings. The van der Waals surface area contributed by atoms with E-state index in [0.717, 1.165) is 17.6 Å². The first-order chi connectivity index (χ1) is 7.34. The second kappa shape index (κ2) is 3.53. The van der Waals surface area contributed by atoms with Crippen LogP contribution in [0.2, 0.25) is 0 Å². The van der Waals surface area contributed by atoms with Crippen LogP contribution in [0.5, 0.6) is 0 Å². The number of rotatable bonds is 3. The van der Waals surface area contributed by atoms with Crippen molar-refractivity contribution in [3.05, 3.63) is 36.3 Å². The van der Waals surface area contributed by atoms with E-state index in [-0.39, 0.29) is 0 Å². The zero-order valence-corrected chi connectivity index (χ0v) is 9.02. The smallest absolute Gasteiger partial charge is 0.120 e. The van der Waals surface area contributed by atoms with Gasteiger partial charge in [-0.25, -0.2) is 0 Å². The maximum atomic E-state index is 5.40. The van der Waals surface area contributed by atoms with Gasteiger partial charge in [-0.05, 0) is 43.7 Å². The number of fused-ring (bicyclic) bond motifs is 1. The quantitative estimate of drug-likeness (QED) is 0.764. The molecule has 0 spiro atoms. The molecule has 2 aliphatic carbocycles. The largest absolute Gasteiger partial charge is 0.468 e. The Morgan fingerprint density at radius 1 is 1.53 bits per heavy atom. The summed E-state index contributed by atoms with van der Waals surface area (Å²) in [5.74, 6) is 2.74. The van der Waals surface area contributed by atoms with E-state index in [1.165, 1.54) is 12.8 Å². The molecule has 0 amide bonds. The van der Waals surface area contributed by atoms with Gasteiger partial charge in [-0.3, -0.25) is 0 Å². The fourth-order valence-corrected chi connectivity index (χ4v) is 2.85. The van der Waals surface area contributed by atoms with Gasteiger partial charge in [0.15, 0.2) is 0 Å². The summed E-state index contributed by atoms with van der Waals surface area (Å²) in [5.41, 5.74) is 0. The first-order valence-corrected chi connectivity index (χ1v) is 5.80. The van der Waals surface area contributed by atoms with Crippen LogP contribution in [0.1, 0.15) is 31.6 Å². The molecule has 1 aromatic heterocycles. The Kier molecular flexibility index (Phi) is 2.17. The van der Waals surface area contributed by atoms with Crippen molar-refractivity contribution in [2.45, 2.75) is 31.8 Å². The van der Waals surface area contributed by atoms with Crippen LogP contribution in [0.15, 0.2) is 35.0 Å². The third-order valence-electron chi connectivity index (χ3n) is 3.80. The zero-order valence-electron chi connectivity index (χ0n) is 9.02. The number of furan rings is 1. The zero-order chi connectivity index (χ0) is 10.3. The van der Waals surface area contributed by atoms with Crippen LogP contribution in [0, 0.1) is 11.8 Å². The van der Waals surface area contributed by atoms with E-state index in [9.17, 15) is 0 Å². The van der Waals surface area contributed by atoms with Gasteiger partial charge in [-0.1, -0.05) is 12.2 Å². The summed E-state index contributed by atoms with van der Waals surface area (Å²) in [6, 6.07) is 4.99. The summed E-state index contributed by atoms with van der Waals surface area (Å²) in [7, 11) is 0. The van der Waals surface area contributed by atoms with Crippen LogP contribution in [-0.4, -0.2) is 6.04 Å². The molecular weight excluding hydrogens is 186 g/mol. The SMILES string of the molecule is C[C@H](NC1CC2CC=CC21)c1ccco1. The first-order valence-electron chi connectivity index (χ1n) is 5.80. The first kappa shape index (κ1) is 9.22. The fraction of sp³-hybridized carbons (Fsp3) is 0.538. The van der Waals surface area contributed by atoms with Gasteiger partial charge in [0.1, 0.15) is 5.76 Å². The van der Waals surface area contributed by atoms with Gasteiger partial charge in [0, 0.05) is 6.04 Å². The molecule has 3 rings (SSSR count). The van der Waals surface area contributed by atoms with Gasteiger partial charge < -0.3 is 9.73 Å². The van der Waals surface area contributed by atoms with E-state index in [0.29, 0.717) is 12.1 Å². The highest BCUT2D eigenvalue weighted by Crippen LogP contribution is 2.43. The predicted octanol–water partition coefficient (Wildman–Crippen LogP) is 2.89. The molecule has 0 bridgehead atoms. The molecule has 3 unspecified atom stereocenters. The minimum atomic E-state index is 0.333. The Balaban J connectivity index is 1.60. The van der Waals surface area contributed by atoms with Gasteiger partial charge in [-0.15, -0.1) is 0 Å². The van der Waals surface area contributed by atoms with Crippen LogP contribution < -0.4 is 5.32 Å². The van der Waals surface area contributed by atoms with Gasteiger partial charge >= 0.3 is 0 Å². The van der Waals surface area contributed by atoms with E-state index in [2.05, 4.69) is 24.4 Å². The van der Waals surface area contributed by atoms with Crippen molar-refractivity contribution in [1.29, 1.82) is 0 Å². The second-order valence-electron chi connectivity index (χ2n) is 4.75. The molecule has 0 aliphatic heterocycles. The Morgan fingerprint density at radius 3 is 3.20 bits per heavy atom. The van der Waals surface area contributed by atoms with Crippen LogP contribution in [0.25, 0.3) is 0 Å². The third kappa shape index (κ3) is 1.53. The Labute approximate surface area is 90.4 Å². The molecule has 80 valence electrons. The number of hydrogen-bond acceptors (Lipinski definition) is 2. The summed E-state index contributed by atoms with van der Waals surface area (Å²) in [6.07, 6.45) is 9.06. The molecule has 15 heavy (non-hydrogen) atoms. The van der Waals surface area contributed by atoms with E-state index >= 15 is 0 Å². The monoisotopic (exact) mass is 203 g/mol. The average Bonchev–Trinajstić information content (AvgIpc) is 2.82. The lowest BCUT2D eigenvalue weighted by molar-refractivity contribution is 0.148. The number of nitrogens with one attached hydrogen (secondary N) is 1. The minimum Gasteiger partial charge on any atom is -0.468 e. The molecule has 1 N–H and O–H groups in total. The number of allylic oxidation sites excluding steroid dienone is 1. The topological polar surface area (TPSA) is 25.2 Å². The van der Waals surface area contributed by atoms with Gasteiger partial charge in [0.05, 0.1) is 12.3 Å². The van der Waals surface area contributed by atoms with E-state index in [1.807, 2.05) is 12.1 Å². The molecule has 0 radical (unpaired) electrons. The van der Waals surface area contributed by atoms with Crippen LogP contribution >= 0.6 is 0 Å². The van der Waals surface area contributed by atoms with Gasteiger partial charge in [0.2, 0.25) is 0 Å². The molecule has 0 saturated heterocycles.